The van der Waals surface area contributed by atoms with Gasteiger partial charge in [0.2, 0.25) is 23.6 Å². The summed E-state index contributed by atoms with van der Waals surface area (Å²) in [4.78, 5) is 52.0. The Morgan fingerprint density at radius 1 is 1.17 bits per heavy atom. The van der Waals surface area contributed by atoms with Crippen LogP contribution >= 0.6 is 0 Å². The second-order valence-corrected chi connectivity index (χ2v) is 8.14. The van der Waals surface area contributed by atoms with Gasteiger partial charge in [0.15, 0.2) is 5.96 Å². The first-order valence-electron chi connectivity index (χ1n) is 11.8. The van der Waals surface area contributed by atoms with Gasteiger partial charge in [-0.25, -0.2) is 0 Å². The van der Waals surface area contributed by atoms with Crippen LogP contribution in [0.3, 0.4) is 0 Å². The van der Waals surface area contributed by atoms with E-state index in [9.17, 15) is 29.2 Å². The molecule has 0 bridgehead atoms. The first kappa shape index (κ1) is 31.2. The van der Waals surface area contributed by atoms with Crippen molar-refractivity contribution in [2.45, 2.75) is 44.6 Å². The zero-order chi connectivity index (χ0) is 26.9. The second-order valence-electron chi connectivity index (χ2n) is 8.14. The molecule has 2 atom stereocenters. The maximum atomic E-state index is 12.1. The van der Waals surface area contributed by atoms with Gasteiger partial charge in [0, 0.05) is 26.6 Å². The molecule has 36 heavy (non-hydrogen) atoms. The van der Waals surface area contributed by atoms with Crippen molar-refractivity contribution >= 4 is 36.7 Å². The molecule has 1 aliphatic heterocycles. The molecule has 0 radical (unpaired) electrons. The van der Waals surface area contributed by atoms with Crippen molar-refractivity contribution < 1.29 is 38.7 Å². The van der Waals surface area contributed by atoms with E-state index in [4.69, 9.17) is 20.9 Å². The number of carbonyl (C=O) groups is 4. The molecular formula is C20H38BN7O8. The van der Waals surface area contributed by atoms with Crippen molar-refractivity contribution in [3.8, 4) is 0 Å². The number of nitrogens with two attached hydrogens (primary N) is 2. The zero-order valence-electron chi connectivity index (χ0n) is 20.6. The summed E-state index contributed by atoms with van der Waals surface area (Å²) in [5.74, 6) is -2.13. The lowest BCUT2D eigenvalue weighted by Gasteiger charge is -2.24. The molecule has 1 heterocycles. The van der Waals surface area contributed by atoms with Crippen molar-refractivity contribution in [3.05, 3.63) is 0 Å². The second kappa shape index (κ2) is 17.6. The van der Waals surface area contributed by atoms with Crippen LogP contribution in [-0.4, -0.2) is 116 Å². The molecule has 0 aliphatic carbocycles. The van der Waals surface area contributed by atoms with Gasteiger partial charge in [-0.2, -0.15) is 0 Å². The van der Waals surface area contributed by atoms with E-state index >= 15 is 0 Å². The van der Waals surface area contributed by atoms with E-state index in [1.165, 1.54) is 11.8 Å². The van der Waals surface area contributed by atoms with Gasteiger partial charge >= 0.3 is 7.12 Å². The number of amides is 4. The molecule has 1 saturated heterocycles. The van der Waals surface area contributed by atoms with Crippen LogP contribution in [0.25, 0.3) is 0 Å². The van der Waals surface area contributed by atoms with E-state index < -0.39 is 25.0 Å². The molecule has 0 saturated carbocycles. The van der Waals surface area contributed by atoms with Crippen molar-refractivity contribution in [1.82, 2.24) is 20.9 Å². The van der Waals surface area contributed by atoms with E-state index in [1.807, 2.05) is 0 Å². The molecule has 1 aliphatic rings. The van der Waals surface area contributed by atoms with Crippen LogP contribution in [0.5, 0.6) is 0 Å². The lowest BCUT2D eigenvalue weighted by atomic mass is 9.78. The van der Waals surface area contributed by atoms with Gasteiger partial charge in [0.05, 0.1) is 38.3 Å². The largest absolute Gasteiger partial charge is 0.475 e. The molecule has 15 nitrogen and oxygen atoms in total. The lowest BCUT2D eigenvalue weighted by molar-refractivity contribution is -0.134. The van der Waals surface area contributed by atoms with Crippen molar-refractivity contribution in [2.24, 2.45) is 16.5 Å². The van der Waals surface area contributed by atoms with Gasteiger partial charge in [-0.1, -0.05) is 0 Å². The number of nitrogens with zero attached hydrogens (tertiary/aromatic N) is 2. The highest BCUT2D eigenvalue weighted by Crippen LogP contribution is 2.17. The standard InChI is InChI=1S/C20H38BN7O8/c1-14(29)27-20(23)25-6-2-4-15(22)19(32)24-7-9-35-10-11-36-13-17(30)26-12-18(31)28-8-3-5-16(28)21(33)34/h15-16,33-34H,2-13,22H2,1H3,(H,24,32)(H,26,30)(H3,23,25,27,29)/t15-,16?/m0/s1. The number of likely N-dealkylation sites (tertiary alicyclic amines) is 1. The Kier molecular flexibility index (Phi) is 15.3. The normalized spacial score (nSPS) is 16.4. The molecule has 0 aromatic heterocycles. The number of ether oxygens (including phenoxy) is 2. The maximum absolute atomic E-state index is 12.1. The fourth-order valence-electron chi connectivity index (χ4n) is 3.36. The molecule has 1 rings (SSSR count). The SMILES string of the molecule is CC(=O)NC(N)=NCCC[C@H](N)C(=O)NCCOCCOCC(=O)NCC(=O)N1CCCC1B(O)O. The fourth-order valence-corrected chi connectivity index (χ4v) is 3.36. The molecule has 4 amide bonds. The molecule has 1 unspecified atom stereocenters. The van der Waals surface area contributed by atoms with E-state index in [0.717, 1.165) is 0 Å². The number of hydrogen-bond acceptors (Lipinski definition) is 10. The summed E-state index contributed by atoms with van der Waals surface area (Å²) in [6.07, 6.45) is 2.10. The molecule has 0 spiro atoms. The lowest BCUT2D eigenvalue weighted by Crippen LogP contribution is -2.49. The van der Waals surface area contributed by atoms with Crippen molar-refractivity contribution in [1.29, 1.82) is 0 Å². The van der Waals surface area contributed by atoms with Gasteiger partial charge in [-0.15, -0.1) is 0 Å². The molecule has 16 heteroatoms. The third kappa shape index (κ3) is 13.3. The Labute approximate surface area is 210 Å². The Morgan fingerprint density at radius 2 is 1.89 bits per heavy atom. The average Bonchev–Trinajstić information content (AvgIpc) is 3.31. The molecule has 0 aromatic carbocycles. The van der Waals surface area contributed by atoms with Crippen molar-refractivity contribution in [2.75, 3.05) is 52.6 Å². The van der Waals surface area contributed by atoms with Crippen LogP contribution in [0.2, 0.25) is 0 Å². The minimum Gasteiger partial charge on any atom is -0.426 e. The third-order valence-corrected chi connectivity index (χ3v) is 5.15. The van der Waals surface area contributed by atoms with E-state index in [2.05, 4.69) is 20.9 Å². The summed E-state index contributed by atoms with van der Waals surface area (Å²) >= 11 is 0. The third-order valence-electron chi connectivity index (χ3n) is 5.15. The van der Waals surface area contributed by atoms with Gasteiger partial charge in [-0.05, 0) is 25.7 Å². The number of carbonyl (C=O) groups excluding carboxylic acids is 4. The molecular weight excluding hydrogens is 477 g/mol. The van der Waals surface area contributed by atoms with Crippen LogP contribution in [0.4, 0.5) is 0 Å². The topological polar surface area (TPSA) is 231 Å². The van der Waals surface area contributed by atoms with Crippen LogP contribution in [0, 0.1) is 0 Å². The minimum absolute atomic E-state index is 0.0216. The predicted octanol–water partition coefficient (Wildman–Crippen LogP) is -4.19. The Morgan fingerprint density at radius 3 is 2.58 bits per heavy atom. The van der Waals surface area contributed by atoms with Crippen LogP contribution in [0.15, 0.2) is 4.99 Å². The molecule has 9 N–H and O–H groups in total. The highest BCUT2D eigenvalue weighted by molar-refractivity contribution is 6.43. The summed E-state index contributed by atoms with van der Waals surface area (Å²) in [5, 5.41) is 26.0. The van der Waals surface area contributed by atoms with E-state index in [-0.39, 0.29) is 63.2 Å². The van der Waals surface area contributed by atoms with Crippen LogP contribution in [0.1, 0.15) is 32.6 Å². The summed E-state index contributed by atoms with van der Waals surface area (Å²) in [5.41, 5.74) is 11.3. The van der Waals surface area contributed by atoms with E-state index in [1.54, 1.807) is 0 Å². The zero-order valence-corrected chi connectivity index (χ0v) is 20.6. The summed E-state index contributed by atoms with van der Waals surface area (Å²) < 4.78 is 10.5. The number of hydrogen-bond donors (Lipinski definition) is 7. The molecule has 204 valence electrons. The molecule has 0 aromatic rings. The predicted molar refractivity (Wildman–Crippen MR) is 130 cm³/mol. The monoisotopic (exact) mass is 515 g/mol. The van der Waals surface area contributed by atoms with Crippen molar-refractivity contribution in [3.63, 3.8) is 0 Å². The Hall–Kier alpha value is -2.79. The maximum Gasteiger partial charge on any atom is 0.475 e. The van der Waals surface area contributed by atoms with Crippen LogP contribution < -0.4 is 27.4 Å². The quantitative estimate of drug-likeness (QED) is 0.0453. The first-order chi connectivity index (χ1) is 17.1. The Bertz CT molecular complexity index is 756. The number of nitrogens with one attached hydrogen (secondary N) is 3. The minimum atomic E-state index is -1.60. The van der Waals surface area contributed by atoms with Crippen LogP contribution in [-0.2, 0) is 28.7 Å². The summed E-state index contributed by atoms with van der Waals surface area (Å²) in [6.45, 7) is 2.39. The summed E-state index contributed by atoms with van der Waals surface area (Å²) in [6, 6.07) is -0.707. The summed E-state index contributed by atoms with van der Waals surface area (Å²) in [7, 11) is -1.60. The fraction of sp³-hybridized carbons (Fsp3) is 0.750. The highest BCUT2D eigenvalue weighted by Gasteiger charge is 2.36. The number of aliphatic imine (C=N–C) groups is 1. The highest BCUT2D eigenvalue weighted by atomic mass is 16.5. The number of guanidine groups is 1. The number of rotatable bonds is 16. The average molecular weight is 515 g/mol. The van der Waals surface area contributed by atoms with E-state index in [0.29, 0.717) is 38.8 Å². The smallest absolute Gasteiger partial charge is 0.426 e. The van der Waals surface area contributed by atoms with Gasteiger partial charge < -0.3 is 46.5 Å². The van der Waals surface area contributed by atoms with Gasteiger partial charge in [0.25, 0.3) is 0 Å². The Balaban J connectivity index is 2.01. The first-order valence-corrected chi connectivity index (χ1v) is 11.8. The molecule has 1 fully saturated rings. The van der Waals surface area contributed by atoms with Gasteiger partial charge in [-0.3, -0.25) is 29.5 Å². The van der Waals surface area contributed by atoms with Gasteiger partial charge in [0.1, 0.15) is 6.61 Å².